The van der Waals surface area contributed by atoms with Crippen LogP contribution < -0.4 is 5.73 Å². The van der Waals surface area contributed by atoms with E-state index in [9.17, 15) is 9.90 Å². The minimum Gasteiger partial charge on any atom is -0.383 e. The fourth-order valence-corrected chi connectivity index (χ4v) is 6.87. The SMILES string of the molecule is Nc1c(C2CC2)c(C2(O)CC3CCC(C2)N3C(=O)c2ncn[nH]2)nc2c(-c3ccc(-c4ccccc4)nc3)cnn12. The third-order valence-corrected chi connectivity index (χ3v) is 8.91. The highest BCUT2D eigenvalue weighted by Gasteiger charge is 2.53. The number of nitrogens with one attached hydrogen (secondary N) is 1. The number of aliphatic hydroxyl groups is 1. The molecule has 206 valence electrons. The Kier molecular flexibility index (Phi) is 5.27. The zero-order valence-electron chi connectivity index (χ0n) is 22.3. The summed E-state index contributed by atoms with van der Waals surface area (Å²) in [7, 11) is 0. The number of rotatable bonds is 5. The molecule has 0 radical (unpaired) electrons. The van der Waals surface area contributed by atoms with Crippen molar-refractivity contribution in [1.29, 1.82) is 0 Å². The van der Waals surface area contributed by atoms with Crippen LogP contribution in [0.1, 0.15) is 66.3 Å². The first-order chi connectivity index (χ1) is 20.0. The minimum absolute atomic E-state index is 0.123. The molecular weight excluding hydrogens is 518 g/mol. The molecule has 6 heterocycles. The molecule has 1 amide bonds. The van der Waals surface area contributed by atoms with Crippen molar-refractivity contribution in [3.63, 3.8) is 0 Å². The number of hydrogen-bond acceptors (Lipinski definition) is 8. The molecule has 2 unspecified atom stereocenters. The van der Waals surface area contributed by atoms with Gasteiger partial charge in [0, 0.05) is 53.4 Å². The van der Waals surface area contributed by atoms with E-state index in [0.717, 1.165) is 53.6 Å². The van der Waals surface area contributed by atoms with Gasteiger partial charge in [-0.2, -0.15) is 14.7 Å². The maximum Gasteiger partial charge on any atom is 0.291 e. The number of amides is 1. The monoisotopic (exact) mass is 547 g/mol. The van der Waals surface area contributed by atoms with Crippen molar-refractivity contribution in [3.05, 3.63) is 78.3 Å². The Balaban J connectivity index is 1.19. The lowest BCUT2D eigenvalue weighted by Gasteiger charge is -2.43. The van der Waals surface area contributed by atoms with Gasteiger partial charge in [0.1, 0.15) is 17.7 Å². The van der Waals surface area contributed by atoms with E-state index in [1.165, 1.54) is 6.33 Å². The number of H-pyrrole nitrogens is 1. The van der Waals surface area contributed by atoms with Gasteiger partial charge in [-0.25, -0.2) is 9.97 Å². The number of anilines is 1. The summed E-state index contributed by atoms with van der Waals surface area (Å²) in [6, 6.07) is 13.8. The number of nitrogens with two attached hydrogens (primary N) is 1. The number of carbonyl (C=O) groups excluding carboxylic acids is 1. The number of nitrogens with zero attached hydrogens (tertiary/aromatic N) is 7. The third-order valence-electron chi connectivity index (χ3n) is 8.91. The summed E-state index contributed by atoms with van der Waals surface area (Å²) in [5.41, 5.74) is 11.3. The fraction of sp³-hybridized carbons (Fsp3) is 0.333. The number of pyridine rings is 1. The molecule has 4 aromatic heterocycles. The minimum atomic E-state index is -1.21. The maximum absolute atomic E-state index is 13.2. The number of nitrogen functional groups attached to an aromatic ring is 1. The number of fused-ring (bicyclic) bond motifs is 3. The van der Waals surface area contributed by atoms with Crippen LogP contribution >= 0.6 is 0 Å². The number of benzene rings is 1. The average Bonchev–Trinajstić information content (AvgIpc) is 3.37. The van der Waals surface area contributed by atoms with E-state index in [1.807, 2.05) is 53.6 Å². The predicted octanol–water partition coefficient (Wildman–Crippen LogP) is 3.69. The largest absolute Gasteiger partial charge is 0.383 e. The predicted molar refractivity (Wildman–Crippen MR) is 151 cm³/mol. The van der Waals surface area contributed by atoms with E-state index in [0.29, 0.717) is 30.0 Å². The van der Waals surface area contributed by atoms with Crippen LogP contribution in [0.4, 0.5) is 5.82 Å². The van der Waals surface area contributed by atoms with Crippen LogP contribution in [0.5, 0.6) is 0 Å². The Morgan fingerprint density at radius 3 is 2.41 bits per heavy atom. The van der Waals surface area contributed by atoms with E-state index < -0.39 is 5.60 Å². The first-order valence-electron chi connectivity index (χ1n) is 14.1. The van der Waals surface area contributed by atoms with E-state index in [4.69, 9.17) is 15.7 Å². The van der Waals surface area contributed by atoms with Gasteiger partial charge in [0.15, 0.2) is 5.65 Å². The van der Waals surface area contributed by atoms with Crippen molar-refractivity contribution in [1.82, 2.24) is 39.7 Å². The molecule has 1 saturated carbocycles. The summed E-state index contributed by atoms with van der Waals surface area (Å²) in [6.07, 6.45) is 9.36. The first-order valence-corrected chi connectivity index (χ1v) is 14.1. The summed E-state index contributed by atoms with van der Waals surface area (Å²) in [4.78, 5) is 29.0. The van der Waals surface area contributed by atoms with Crippen molar-refractivity contribution in [3.8, 4) is 22.4 Å². The second kappa shape index (κ2) is 8.93. The van der Waals surface area contributed by atoms with Crippen molar-refractivity contribution < 1.29 is 9.90 Å². The van der Waals surface area contributed by atoms with Gasteiger partial charge in [0.05, 0.1) is 17.6 Å². The maximum atomic E-state index is 13.2. The topological polar surface area (TPSA) is 151 Å². The molecule has 1 aromatic carbocycles. The van der Waals surface area contributed by atoms with Crippen LogP contribution in [0.3, 0.4) is 0 Å². The van der Waals surface area contributed by atoms with E-state index in [1.54, 1.807) is 10.7 Å². The van der Waals surface area contributed by atoms with Crippen molar-refractivity contribution in [2.45, 2.75) is 62.1 Å². The Bertz CT molecular complexity index is 1750. The van der Waals surface area contributed by atoms with Crippen LogP contribution in [-0.2, 0) is 5.60 Å². The highest BCUT2D eigenvalue weighted by Crippen LogP contribution is 2.52. The molecule has 0 spiro atoms. The van der Waals surface area contributed by atoms with Crippen molar-refractivity contribution in [2.75, 3.05) is 5.73 Å². The number of piperidine rings is 1. The molecule has 2 atom stereocenters. The Morgan fingerprint density at radius 1 is 0.976 bits per heavy atom. The van der Waals surface area contributed by atoms with Gasteiger partial charge < -0.3 is 15.7 Å². The average molecular weight is 548 g/mol. The van der Waals surface area contributed by atoms with Crippen LogP contribution in [0, 0.1) is 0 Å². The van der Waals surface area contributed by atoms with Crippen LogP contribution in [0.25, 0.3) is 28.0 Å². The fourth-order valence-electron chi connectivity index (χ4n) is 6.87. The standard InChI is InChI=1S/C30H29N9O2/c31-26-24(18-6-7-18)25(30(41)12-20-9-10-21(13-30)38(20)29(40)27-33-16-34-37-27)36-28-22(15-35-39(26)28)19-8-11-23(32-14-19)17-4-2-1-3-5-17/h1-5,8,11,14-16,18,20-21,41H,6-7,9-10,12-13,31H2,(H,33,34,37). The van der Waals surface area contributed by atoms with E-state index in [-0.39, 0.29) is 29.7 Å². The van der Waals surface area contributed by atoms with E-state index >= 15 is 0 Å². The molecule has 11 heteroatoms. The number of carbonyl (C=O) groups is 1. The molecule has 3 fully saturated rings. The lowest BCUT2D eigenvalue weighted by molar-refractivity contribution is -0.0515. The van der Waals surface area contributed by atoms with Gasteiger partial charge in [-0.3, -0.25) is 14.9 Å². The Hall–Kier alpha value is -4.64. The summed E-state index contributed by atoms with van der Waals surface area (Å²) in [5, 5.41) is 23.5. The summed E-state index contributed by atoms with van der Waals surface area (Å²) >= 11 is 0. The highest BCUT2D eigenvalue weighted by molar-refractivity contribution is 5.91. The first kappa shape index (κ1) is 24.2. The zero-order valence-corrected chi connectivity index (χ0v) is 22.3. The van der Waals surface area contributed by atoms with Gasteiger partial charge in [-0.1, -0.05) is 36.4 Å². The summed E-state index contributed by atoms with van der Waals surface area (Å²) in [5.74, 6) is 0.822. The highest BCUT2D eigenvalue weighted by atomic mass is 16.3. The molecule has 8 rings (SSSR count). The number of hydrogen-bond donors (Lipinski definition) is 3. The molecule has 5 aromatic rings. The second-order valence-electron chi connectivity index (χ2n) is 11.5. The normalized spacial score (nSPS) is 23.8. The van der Waals surface area contributed by atoms with Gasteiger partial charge in [0.2, 0.25) is 5.82 Å². The molecule has 3 aliphatic rings. The molecule has 1 aliphatic carbocycles. The third kappa shape index (κ3) is 3.83. The number of aromatic nitrogens is 7. The molecule has 4 N–H and O–H groups in total. The smallest absolute Gasteiger partial charge is 0.291 e. The van der Waals surface area contributed by atoms with Gasteiger partial charge in [-0.15, -0.1) is 0 Å². The van der Waals surface area contributed by atoms with Gasteiger partial charge >= 0.3 is 0 Å². The molecular formula is C30H29N9O2. The van der Waals surface area contributed by atoms with Crippen LogP contribution in [-0.4, -0.2) is 62.8 Å². The van der Waals surface area contributed by atoms with E-state index in [2.05, 4.69) is 20.3 Å². The zero-order chi connectivity index (χ0) is 27.7. The second-order valence-corrected chi connectivity index (χ2v) is 11.5. The molecule has 2 saturated heterocycles. The Morgan fingerprint density at radius 2 is 1.76 bits per heavy atom. The van der Waals surface area contributed by atoms with Crippen LogP contribution in [0.2, 0.25) is 0 Å². The van der Waals surface area contributed by atoms with Crippen molar-refractivity contribution >= 4 is 17.4 Å². The Labute approximate surface area is 235 Å². The van der Waals surface area contributed by atoms with Gasteiger partial charge in [0.25, 0.3) is 5.91 Å². The molecule has 11 nitrogen and oxygen atoms in total. The van der Waals surface area contributed by atoms with Crippen molar-refractivity contribution in [2.24, 2.45) is 0 Å². The molecule has 41 heavy (non-hydrogen) atoms. The number of aromatic amines is 1. The summed E-state index contributed by atoms with van der Waals surface area (Å²) < 4.78 is 1.69. The quantitative estimate of drug-likeness (QED) is 0.301. The molecule has 2 bridgehead atoms. The van der Waals surface area contributed by atoms with Crippen LogP contribution in [0.15, 0.2) is 61.2 Å². The lowest BCUT2D eigenvalue weighted by atomic mass is 9.80. The summed E-state index contributed by atoms with van der Waals surface area (Å²) in [6.45, 7) is 0. The van der Waals surface area contributed by atoms with Gasteiger partial charge in [-0.05, 0) is 37.7 Å². The molecule has 2 aliphatic heterocycles. The lowest BCUT2D eigenvalue weighted by Crippen LogP contribution is -2.52.